The van der Waals surface area contributed by atoms with E-state index < -0.39 is 0 Å². The van der Waals surface area contributed by atoms with Gasteiger partial charge in [0.05, 0.1) is 5.52 Å². The van der Waals surface area contributed by atoms with Crippen molar-refractivity contribution < 1.29 is 14.3 Å². The lowest BCUT2D eigenvalue weighted by Gasteiger charge is -2.34. The molecule has 0 unspecified atom stereocenters. The first kappa shape index (κ1) is 27.1. The fourth-order valence-electron chi connectivity index (χ4n) is 6.82. The van der Waals surface area contributed by atoms with E-state index in [0.717, 1.165) is 98.8 Å². The van der Waals surface area contributed by atoms with Gasteiger partial charge in [-0.15, -0.1) is 0 Å². The zero-order chi connectivity index (χ0) is 28.6. The number of nitrogens with one attached hydrogen (secondary N) is 1. The van der Waals surface area contributed by atoms with Crippen molar-refractivity contribution in [3.05, 3.63) is 59.3 Å². The molecule has 2 amide bonds. The third-order valence-electron chi connectivity index (χ3n) is 9.20. The SMILES string of the molecule is CC(=O)N1CCN(c2ncc3cc(CN4CC[C@H](Oc5ccc6c(c5)CN([C@H]5CCCNC5)C6=O)C4)ccc3n2)CC1. The predicted octanol–water partition coefficient (Wildman–Crippen LogP) is 2.66. The zero-order valence-corrected chi connectivity index (χ0v) is 24.3. The highest BCUT2D eigenvalue weighted by Gasteiger charge is 2.34. The summed E-state index contributed by atoms with van der Waals surface area (Å²) in [5, 5.41) is 4.46. The lowest BCUT2D eigenvalue weighted by atomic mass is 10.1. The maximum Gasteiger partial charge on any atom is 0.254 e. The van der Waals surface area contributed by atoms with Crippen LogP contribution in [0.15, 0.2) is 42.6 Å². The number of benzene rings is 2. The summed E-state index contributed by atoms with van der Waals surface area (Å²) in [5.41, 5.74) is 4.08. The Balaban J connectivity index is 0.940. The molecule has 0 bridgehead atoms. The van der Waals surface area contributed by atoms with Gasteiger partial charge in [0.2, 0.25) is 11.9 Å². The van der Waals surface area contributed by atoms with Crippen LogP contribution in [-0.2, 0) is 17.9 Å². The van der Waals surface area contributed by atoms with E-state index in [0.29, 0.717) is 19.6 Å². The normalized spacial score (nSPS) is 23.1. The Bertz CT molecular complexity index is 1480. The number of piperidine rings is 1. The third-order valence-corrected chi connectivity index (χ3v) is 9.20. The van der Waals surface area contributed by atoms with Gasteiger partial charge in [-0.25, -0.2) is 9.97 Å². The summed E-state index contributed by atoms with van der Waals surface area (Å²) < 4.78 is 6.42. The quantitative estimate of drug-likeness (QED) is 0.485. The Hall–Kier alpha value is -3.76. The number of nitrogens with zero attached hydrogens (tertiary/aromatic N) is 6. The van der Waals surface area contributed by atoms with Crippen molar-refractivity contribution >= 4 is 28.7 Å². The van der Waals surface area contributed by atoms with Crippen molar-refractivity contribution in [3.8, 4) is 5.75 Å². The number of carbonyl (C=O) groups excluding carboxylic acids is 2. The van der Waals surface area contributed by atoms with E-state index in [1.807, 2.05) is 28.1 Å². The average molecular weight is 570 g/mol. The van der Waals surface area contributed by atoms with Crippen molar-refractivity contribution in [3.63, 3.8) is 0 Å². The largest absolute Gasteiger partial charge is 0.489 e. The molecule has 42 heavy (non-hydrogen) atoms. The predicted molar refractivity (Wildman–Crippen MR) is 161 cm³/mol. The number of anilines is 1. The highest BCUT2D eigenvalue weighted by atomic mass is 16.5. The Kier molecular flexibility index (Phi) is 7.41. The van der Waals surface area contributed by atoms with E-state index in [-0.39, 0.29) is 24.0 Å². The van der Waals surface area contributed by atoms with Crippen LogP contribution in [0.25, 0.3) is 10.9 Å². The minimum Gasteiger partial charge on any atom is -0.489 e. The standard InChI is InChI=1S/C32H39N7O3/c1-22(40)37-11-13-38(14-12-37)32-34-17-24-15-23(4-7-30(24)35-32)19-36-10-8-28(21-36)42-27-5-6-29-25(16-27)20-39(31(29)41)26-3-2-9-33-18-26/h4-7,15-17,26,28,33H,2-3,8-14,18-21H2,1H3/t26-,28-/m0/s1. The molecule has 5 heterocycles. The molecular formula is C32H39N7O3. The van der Waals surface area contributed by atoms with Crippen molar-refractivity contribution in [1.82, 2.24) is 30.0 Å². The van der Waals surface area contributed by atoms with Crippen LogP contribution in [0.4, 0.5) is 5.95 Å². The number of hydrogen-bond acceptors (Lipinski definition) is 8. The first-order valence-corrected chi connectivity index (χ1v) is 15.3. The molecule has 220 valence electrons. The summed E-state index contributed by atoms with van der Waals surface area (Å²) in [6.07, 6.45) is 5.22. The van der Waals surface area contributed by atoms with E-state index in [1.165, 1.54) is 5.56 Å². The molecule has 10 nitrogen and oxygen atoms in total. The second-order valence-electron chi connectivity index (χ2n) is 12.1. The number of hydrogen-bond donors (Lipinski definition) is 1. The van der Waals surface area contributed by atoms with E-state index in [1.54, 1.807) is 6.92 Å². The molecule has 2 atom stereocenters. The molecular weight excluding hydrogens is 530 g/mol. The number of ether oxygens (including phenoxy) is 1. The third kappa shape index (κ3) is 5.53. The van der Waals surface area contributed by atoms with Gasteiger partial charge in [0, 0.05) is 89.0 Å². The maximum absolute atomic E-state index is 13.0. The molecule has 1 N–H and O–H groups in total. The minimum atomic E-state index is 0.123. The number of amides is 2. The molecule has 1 aromatic heterocycles. The lowest BCUT2D eigenvalue weighted by Crippen LogP contribution is -2.48. The molecule has 4 aliphatic rings. The molecule has 10 heteroatoms. The average Bonchev–Trinajstić information content (AvgIpc) is 3.60. The first-order valence-electron chi connectivity index (χ1n) is 15.3. The van der Waals surface area contributed by atoms with Gasteiger partial charge < -0.3 is 24.8 Å². The Labute approximate surface area is 246 Å². The van der Waals surface area contributed by atoms with Gasteiger partial charge in [-0.1, -0.05) is 6.07 Å². The molecule has 0 spiro atoms. The summed E-state index contributed by atoms with van der Waals surface area (Å²) in [4.78, 5) is 42.6. The van der Waals surface area contributed by atoms with Crippen LogP contribution in [0.2, 0.25) is 0 Å². The molecule has 2 aromatic carbocycles. The number of aromatic nitrogens is 2. The maximum atomic E-state index is 13.0. The fraction of sp³-hybridized carbons (Fsp3) is 0.500. The van der Waals surface area contributed by atoms with Crippen molar-refractivity contribution in [1.29, 1.82) is 0 Å². The number of carbonyl (C=O) groups is 2. The molecule has 0 saturated carbocycles. The van der Waals surface area contributed by atoms with Crippen LogP contribution in [0.3, 0.4) is 0 Å². The Morgan fingerprint density at radius 2 is 1.95 bits per heavy atom. The van der Waals surface area contributed by atoms with Crippen LogP contribution in [-0.4, -0.2) is 101 Å². The summed E-state index contributed by atoms with van der Waals surface area (Å²) in [7, 11) is 0. The van der Waals surface area contributed by atoms with Gasteiger partial charge in [-0.05, 0) is 67.3 Å². The number of rotatable bonds is 6. The summed E-state index contributed by atoms with van der Waals surface area (Å²) in [6, 6.07) is 12.7. The molecule has 4 aliphatic heterocycles. The summed E-state index contributed by atoms with van der Waals surface area (Å²) in [6.45, 7) is 9.85. The van der Waals surface area contributed by atoms with Crippen molar-refractivity contribution in [2.45, 2.75) is 51.4 Å². The lowest BCUT2D eigenvalue weighted by molar-refractivity contribution is -0.129. The molecule has 0 radical (unpaired) electrons. The van der Waals surface area contributed by atoms with Gasteiger partial charge in [-0.2, -0.15) is 0 Å². The van der Waals surface area contributed by atoms with E-state index in [2.05, 4.69) is 44.4 Å². The van der Waals surface area contributed by atoms with Crippen molar-refractivity contribution in [2.75, 3.05) is 57.3 Å². The van der Waals surface area contributed by atoms with Gasteiger partial charge in [0.25, 0.3) is 5.91 Å². The molecule has 7 rings (SSSR count). The second-order valence-corrected chi connectivity index (χ2v) is 12.1. The Morgan fingerprint density at radius 3 is 2.76 bits per heavy atom. The molecule has 3 fully saturated rings. The van der Waals surface area contributed by atoms with E-state index in [4.69, 9.17) is 9.72 Å². The first-order chi connectivity index (χ1) is 20.5. The second kappa shape index (κ2) is 11.5. The zero-order valence-electron chi connectivity index (χ0n) is 24.3. The Morgan fingerprint density at radius 1 is 1.07 bits per heavy atom. The van der Waals surface area contributed by atoms with Gasteiger partial charge in [0.15, 0.2) is 0 Å². The van der Waals surface area contributed by atoms with Crippen molar-refractivity contribution in [2.24, 2.45) is 0 Å². The summed E-state index contributed by atoms with van der Waals surface area (Å²) in [5.74, 6) is 1.87. The van der Waals surface area contributed by atoms with E-state index in [9.17, 15) is 9.59 Å². The molecule has 3 saturated heterocycles. The number of fused-ring (bicyclic) bond motifs is 2. The molecule has 0 aliphatic carbocycles. The number of likely N-dealkylation sites (tertiary alicyclic amines) is 1. The highest BCUT2D eigenvalue weighted by molar-refractivity contribution is 5.98. The summed E-state index contributed by atoms with van der Waals surface area (Å²) >= 11 is 0. The van der Waals surface area contributed by atoms with Crippen LogP contribution in [0.1, 0.15) is 47.7 Å². The fourth-order valence-corrected chi connectivity index (χ4v) is 6.82. The van der Waals surface area contributed by atoms with E-state index >= 15 is 0 Å². The monoisotopic (exact) mass is 569 g/mol. The van der Waals surface area contributed by atoms with Crippen LogP contribution >= 0.6 is 0 Å². The minimum absolute atomic E-state index is 0.123. The van der Waals surface area contributed by atoms with Gasteiger partial charge >= 0.3 is 0 Å². The van der Waals surface area contributed by atoms with Gasteiger partial charge in [0.1, 0.15) is 11.9 Å². The van der Waals surface area contributed by atoms with Crippen LogP contribution in [0.5, 0.6) is 5.75 Å². The topological polar surface area (TPSA) is 94.1 Å². The highest BCUT2D eigenvalue weighted by Crippen LogP contribution is 2.31. The molecule has 3 aromatic rings. The van der Waals surface area contributed by atoms with Crippen LogP contribution < -0.4 is 15.0 Å². The smallest absolute Gasteiger partial charge is 0.254 e. The van der Waals surface area contributed by atoms with Gasteiger partial charge in [-0.3, -0.25) is 14.5 Å². The number of piperazine rings is 1. The van der Waals surface area contributed by atoms with Crippen LogP contribution in [0, 0.1) is 0 Å².